The molecule has 0 aromatic heterocycles. The Morgan fingerprint density at radius 2 is 1.90 bits per heavy atom. The first kappa shape index (κ1) is 15.9. The lowest BCUT2D eigenvalue weighted by Crippen LogP contribution is -2.51. The molecule has 21 heavy (non-hydrogen) atoms. The third-order valence-corrected chi connectivity index (χ3v) is 4.84. The molecule has 1 amide bonds. The molecule has 1 fully saturated rings. The van der Waals surface area contributed by atoms with Gasteiger partial charge in [0.15, 0.2) is 0 Å². The van der Waals surface area contributed by atoms with Crippen LogP contribution in [0.3, 0.4) is 0 Å². The van der Waals surface area contributed by atoms with Crippen molar-refractivity contribution in [3.05, 3.63) is 35.9 Å². The molecule has 1 atom stereocenters. The lowest BCUT2D eigenvalue weighted by atomic mass is 10.1. The molecule has 6 nitrogen and oxygen atoms in total. The molecular formula is C14H21N3O3S. The normalized spacial score (nSPS) is 16.7. The summed E-state index contributed by atoms with van der Waals surface area (Å²) in [6.07, 6.45) is 2.25. The summed E-state index contributed by atoms with van der Waals surface area (Å²) in [4.78, 5) is 12.2. The molecule has 0 spiro atoms. The van der Waals surface area contributed by atoms with Crippen LogP contribution in [0.25, 0.3) is 0 Å². The molecule has 7 heteroatoms. The van der Waals surface area contributed by atoms with E-state index in [4.69, 9.17) is 0 Å². The van der Waals surface area contributed by atoms with Gasteiger partial charge in [-0.15, -0.1) is 0 Å². The van der Waals surface area contributed by atoms with Crippen LogP contribution in [0.5, 0.6) is 0 Å². The van der Waals surface area contributed by atoms with Crippen LogP contribution in [0.4, 0.5) is 0 Å². The summed E-state index contributed by atoms with van der Waals surface area (Å²) in [5, 5.41) is 2.85. The molecular weight excluding hydrogens is 290 g/mol. The standard InChI is InChI=1S/C14H21N3O3S/c1-17(2)21(19,20)16-13(14(18)15-12-8-9-12)10-11-6-4-3-5-7-11/h3-7,12-13,16H,8-10H2,1-2H3,(H,15,18)/t13-/m0/s1. The van der Waals surface area contributed by atoms with Crippen molar-refractivity contribution in [2.75, 3.05) is 14.1 Å². The molecule has 2 rings (SSSR count). The van der Waals surface area contributed by atoms with E-state index in [1.165, 1.54) is 14.1 Å². The van der Waals surface area contributed by atoms with E-state index in [9.17, 15) is 13.2 Å². The summed E-state index contributed by atoms with van der Waals surface area (Å²) < 4.78 is 27.5. The summed E-state index contributed by atoms with van der Waals surface area (Å²) >= 11 is 0. The van der Waals surface area contributed by atoms with Gasteiger partial charge in [0.2, 0.25) is 5.91 Å². The van der Waals surface area contributed by atoms with Crippen LogP contribution in [-0.4, -0.2) is 44.8 Å². The molecule has 1 aliphatic carbocycles. The Morgan fingerprint density at radius 3 is 2.43 bits per heavy atom. The van der Waals surface area contributed by atoms with Crippen LogP contribution in [0.15, 0.2) is 30.3 Å². The van der Waals surface area contributed by atoms with Gasteiger partial charge in [0.1, 0.15) is 6.04 Å². The van der Waals surface area contributed by atoms with Gasteiger partial charge in [0.05, 0.1) is 0 Å². The number of nitrogens with zero attached hydrogens (tertiary/aromatic N) is 1. The van der Waals surface area contributed by atoms with Crippen LogP contribution in [-0.2, 0) is 21.4 Å². The van der Waals surface area contributed by atoms with Crippen molar-refractivity contribution in [1.82, 2.24) is 14.3 Å². The number of benzene rings is 1. The lowest BCUT2D eigenvalue weighted by Gasteiger charge is -2.21. The zero-order valence-electron chi connectivity index (χ0n) is 12.2. The monoisotopic (exact) mass is 311 g/mol. The Balaban J connectivity index is 2.11. The number of amides is 1. The molecule has 2 N–H and O–H groups in total. The molecule has 0 saturated heterocycles. The highest BCUT2D eigenvalue weighted by Crippen LogP contribution is 2.19. The summed E-state index contributed by atoms with van der Waals surface area (Å²) in [6, 6.07) is 8.76. The zero-order chi connectivity index (χ0) is 15.5. The van der Waals surface area contributed by atoms with Crippen LogP contribution in [0.1, 0.15) is 18.4 Å². The van der Waals surface area contributed by atoms with Crippen LogP contribution < -0.4 is 10.0 Å². The van der Waals surface area contributed by atoms with E-state index in [1.54, 1.807) is 0 Å². The van der Waals surface area contributed by atoms with Gasteiger partial charge in [-0.3, -0.25) is 4.79 Å². The number of rotatable bonds is 7. The van der Waals surface area contributed by atoms with E-state index in [1.807, 2.05) is 30.3 Å². The van der Waals surface area contributed by atoms with Gasteiger partial charge in [-0.25, -0.2) is 0 Å². The number of carbonyl (C=O) groups excluding carboxylic acids is 1. The highest BCUT2D eigenvalue weighted by Gasteiger charge is 2.30. The largest absolute Gasteiger partial charge is 0.352 e. The maximum absolute atomic E-state index is 12.2. The second-order valence-corrected chi connectivity index (χ2v) is 7.35. The average molecular weight is 311 g/mol. The van der Waals surface area contributed by atoms with Crippen molar-refractivity contribution >= 4 is 16.1 Å². The molecule has 1 aliphatic rings. The molecule has 0 heterocycles. The highest BCUT2D eigenvalue weighted by atomic mass is 32.2. The summed E-state index contributed by atoms with van der Waals surface area (Å²) in [6.45, 7) is 0. The van der Waals surface area contributed by atoms with Crippen LogP contribution in [0, 0.1) is 0 Å². The quantitative estimate of drug-likeness (QED) is 0.759. The Hall–Kier alpha value is -1.44. The van der Waals surface area contributed by atoms with Gasteiger partial charge in [0, 0.05) is 20.1 Å². The molecule has 0 unspecified atom stereocenters. The predicted molar refractivity (Wildman–Crippen MR) is 80.8 cm³/mol. The minimum absolute atomic E-state index is 0.194. The maximum Gasteiger partial charge on any atom is 0.279 e. The number of hydrogen-bond acceptors (Lipinski definition) is 3. The SMILES string of the molecule is CN(C)S(=O)(=O)N[C@@H](Cc1ccccc1)C(=O)NC1CC1. The molecule has 0 aliphatic heterocycles. The summed E-state index contributed by atoms with van der Waals surface area (Å²) in [7, 11) is -0.793. The van der Waals surface area contributed by atoms with Gasteiger partial charge in [-0.1, -0.05) is 30.3 Å². The maximum atomic E-state index is 12.2. The van der Waals surface area contributed by atoms with E-state index in [0.717, 1.165) is 22.7 Å². The van der Waals surface area contributed by atoms with E-state index in [2.05, 4.69) is 10.0 Å². The van der Waals surface area contributed by atoms with Crippen LogP contribution >= 0.6 is 0 Å². The Kier molecular flexibility index (Phi) is 4.97. The Labute approximate surface area is 125 Å². The minimum Gasteiger partial charge on any atom is -0.352 e. The zero-order valence-corrected chi connectivity index (χ0v) is 13.1. The number of nitrogens with one attached hydrogen (secondary N) is 2. The van der Waals surface area contributed by atoms with Crippen molar-refractivity contribution < 1.29 is 13.2 Å². The van der Waals surface area contributed by atoms with Crippen molar-refractivity contribution in [2.24, 2.45) is 0 Å². The third-order valence-electron chi connectivity index (χ3n) is 3.29. The molecule has 0 radical (unpaired) electrons. The first-order valence-electron chi connectivity index (χ1n) is 6.92. The third kappa shape index (κ3) is 4.80. The molecule has 116 valence electrons. The minimum atomic E-state index is -3.66. The second-order valence-electron chi connectivity index (χ2n) is 5.43. The summed E-state index contributed by atoms with van der Waals surface area (Å²) in [5.41, 5.74) is 0.912. The topological polar surface area (TPSA) is 78.5 Å². The van der Waals surface area contributed by atoms with Crippen molar-refractivity contribution in [3.63, 3.8) is 0 Å². The summed E-state index contributed by atoms with van der Waals surface area (Å²) in [5.74, 6) is -0.272. The van der Waals surface area contributed by atoms with Gasteiger partial charge >= 0.3 is 0 Å². The molecule has 1 saturated carbocycles. The van der Waals surface area contributed by atoms with Crippen molar-refractivity contribution in [1.29, 1.82) is 0 Å². The average Bonchev–Trinajstić information content (AvgIpc) is 3.22. The van der Waals surface area contributed by atoms with E-state index >= 15 is 0 Å². The van der Waals surface area contributed by atoms with E-state index in [-0.39, 0.29) is 11.9 Å². The number of hydrogen-bond donors (Lipinski definition) is 2. The van der Waals surface area contributed by atoms with Gasteiger partial charge in [-0.2, -0.15) is 17.4 Å². The van der Waals surface area contributed by atoms with E-state index in [0.29, 0.717) is 6.42 Å². The fraction of sp³-hybridized carbons (Fsp3) is 0.500. The fourth-order valence-corrected chi connectivity index (χ4v) is 2.61. The smallest absolute Gasteiger partial charge is 0.279 e. The Bertz CT molecular complexity index is 583. The van der Waals surface area contributed by atoms with Gasteiger partial charge < -0.3 is 5.32 Å². The molecule has 1 aromatic rings. The van der Waals surface area contributed by atoms with Crippen molar-refractivity contribution in [3.8, 4) is 0 Å². The molecule has 0 bridgehead atoms. The number of carbonyl (C=O) groups is 1. The van der Waals surface area contributed by atoms with Crippen molar-refractivity contribution in [2.45, 2.75) is 31.3 Å². The first-order chi connectivity index (χ1) is 9.88. The van der Waals surface area contributed by atoms with E-state index < -0.39 is 16.3 Å². The van der Waals surface area contributed by atoms with Gasteiger partial charge in [0.25, 0.3) is 10.2 Å². The first-order valence-corrected chi connectivity index (χ1v) is 8.36. The second kappa shape index (κ2) is 6.55. The fourth-order valence-electron chi connectivity index (χ4n) is 1.85. The van der Waals surface area contributed by atoms with Crippen LogP contribution in [0.2, 0.25) is 0 Å². The Morgan fingerprint density at radius 1 is 1.29 bits per heavy atom. The van der Waals surface area contributed by atoms with Gasteiger partial charge in [-0.05, 0) is 24.8 Å². The lowest BCUT2D eigenvalue weighted by molar-refractivity contribution is -0.122. The highest BCUT2D eigenvalue weighted by molar-refractivity contribution is 7.87. The predicted octanol–water partition coefficient (Wildman–Crippen LogP) is 0.272. The molecule has 1 aromatic carbocycles.